The summed E-state index contributed by atoms with van der Waals surface area (Å²) in [5.41, 5.74) is 1.05. The van der Waals surface area contributed by atoms with Crippen LogP contribution in [0.3, 0.4) is 0 Å². The number of hydrogen-bond donors (Lipinski definition) is 0. The van der Waals surface area contributed by atoms with Crippen molar-refractivity contribution in [3.05, 3.63) is 65.5 Å². The van der Waals surface area contributed by atoms with Gasteiger partial charge in [0.15, 0.2) is 6.29 Å². The summed E-state index contributed by atoms with van der Waals surface area (Å²) in [4.78, 5) is 10.4. The lowest BCUT2D eigenvalue weighted by atomic mass is 10.2. The zero-order chi connectivity index (χ0) is 14.1. The Morgan fingerprint density at radius 2 is 1.79 bits per heavy atom. The third-order valence-corrected chi connectivity index (χ3v) is 2.35. The molecular weight excluding hydrogens is 243 g/mol. The Bertz CT molecular complexity index is 509. The Morgan fingerprint density at radius 3 is 2.37 bits per heavy atom. The van der Waals surface area contributed by atoms with E-state index in [1.807, 2.05) is 44.2 Å². The highest BCUT2D eigenvalue weighted by molar-refractivity contribution is 5.75. The van der Waals surface area contributed by atoms with Crippen molar-refractivity contribution < 1.29 is 13.9 Å². The topological polar surface area (TPSA) is 26.3 Å². The van der Waals surface area contributed by atoms with E-state index < -0.39 is 5.82 Å². The SMILES string of the molecule is CC.O=Cc1ccc(OCc2ccccc2)cc1F. The van der Waals surface area contributed by atoms with Crippen LogP contribution in [0, 0.1) is 5.82 Å². The van der Waals surface area contributed by atoms with Gasteiger partial charge in [-0.2, -0.15) is 0 Å². The van der Waals surface area contributed by atoms with Gasteiger partial charge in [-0.1, -0.05) is 44.2 Å². The second-order valence-electron chi connectivity index (χ2n) is 3.58. The Kier molecular flexibility index (Phi) is 6.30. The first-order chi connectivity index (χ1) is 9.29. The van der Waals surface area contributed by atoms with Crippen molar-refractivity contribution in [3.63, 3.8) is 0 Å². The Morgan fingerprint density at radius 1 is 1.11 bits per heavy atom. The number of ether oxygens (including phenoxy) is 1. The average molecular weight is 260 g/mol. The van der Waals surface area contributed by atoms with E-state index in [4.69, 9.17) is 4.74 Å². The molecule has 0 saturated carbocycles. The van der Waals surface area contributed by atoms with Crippen molar-refractivity contribution in [2.45, 2.75) is 20.5 Å². The summed E-state index contributed by atoms with van der Waals surface area (Å²) < 4.78 is 18.7. The van der Waals surface area contributed by atoms with Gasteiger partial charge in [0.05, 0.1) is 5.56 Å². The van der Waals surface area contributed by atoms with Crippen LogP contribution in [0.5, 0.6) is 5.75 Å². The number of carbonyl (C=O) groups is 1. The number of aldehydes is 1. The van der Waals surface area contributed by atoms with E-state index in [2.05, 4.69) is 0 Å². The minimum absolute atomic E-state index is 0.0389. The van der Waals surface area contributed by atoms with Gasteiger partial charge in [-0.05, 0) is 17.7 Å². The summed E-state index contributed by atoms with van der Waals surface area (Å²) in [6, 6.07) is 13.8. The molecule has 0 spiro atoms. The van der Waals surface area contributed by atoms with Crippen LogP contribution in [-0.4, -0.2) is 6.29 Å². The van der Waals surface area contributed by atoms with Crippen LogP contribution in [-0.2, 0) is 6.61 Å². The quantitative estimate of drug-likeness (QED) is 0.768. The zero-order valence-corrected chi connectivity index (χ0v) is 11.1. The summed E-state index contributed by atoms with van der Waals surface area (Å²) in [6.07, 6.45) is 0.482. The monoisotopic (exact) mass is 260 g/mol. The summed E-state index contributed by atoms with van der Waals surface area (Å²) in [5.74, 6) is -0.150. The Hall–Kier alpha value is -2.16. The Balaban J connectivity index is 0.000000861. The van der Waals surface area contributed by atoms with E-state index in [1.165, 1.54) is 12.1 Å². The van der Waals surface area contributed by atoms with E-state index >= 15 is 0 Å². The fourth-order valence-corrected chi connectivity index (χ4v) is 1.43. The van der Waals surface area contributed by atoms with Gasteiger partial charge in [0, 0.05) is 6.07 Å². The number of carbonyl (C=O) groups excluding carboxylic acids is 1. The highest BCUT2D eigenvalue weighted by atomic mass is 19.1. The molecule has 0 aliphatic rings. The maximum atomic E-state index is 13.3. The van der Waals surface area contributed by atoms with Crippen LogP contribution in [0.1, 0.15) is 29.8 Å². The van der Waals surface area contributed by atoms with Gasteiger partial charge < -0.3 is 4.74 Å². The molecule has 100 valence electrons. The predicted octanol–water partition coefficient (Wildman–Crippen LogP) is 4.24. The summed E-state index contributed by atoms with van der Waals surface area (Å²) in [7, 11) is 0. The van der Waals surface area contributed by atoms with Crippen molar-refractivity contribution in [2.75, 3.05) is 0 Å². The van der Waals surface area contributed by atoms with Gasteiger partial charge in [-0.3, -0.25) is 4.79 Å². The van der Waals surface area contributed by atoms with Gasteiger partial charge in [-0.15, -0.1) is 0 Å². The molecule has 2 aromatic rings. The molecule has 0 unspecified atom stereocenters. The summed E-state index contributed by atoms with van der Waals surface area (Å²) >= 11 is 0. The molecule has 3 heteroatoms. The third-order valence-electron chi connectivity index (χ3n) is 2.35. The van der Waals surface area contributed by atoms with Crippen LogP contribution in [0.2, 0.25) is 0 Å². The fraction of sp³-hybridized carbons (Fsp3) is 0.188. The highest BCUT2D eigenvalue weighted by Gasteiger charge is 2.03. The van der Waals surface area contributed by atoms with Gasteiger partial charge in [0.25, 0.3) is 0 Å². The van der Waals surface area contributed by atoms with Crippen molar-refractivity contribution in [1.82, 2.24) is 0 Å². The van der Waals surface area contributed by atoms with E-state index in [1.54, 1.807) is 6.07 Å². The first-order valence-electron chi connectivity index (χ1n) is 6.21. The zero-order valence-electron chi connectivity index (χ0n) is 11.1. The minimum atomic E-state index is -0.564. The van der Waals surface area contributed by atoms with E-state index in [0.29, 0.717) is 18.6 Å². The molecule has 0 bridgehead atoms. The molecule has 19 heavy (non-hydrogen) atoms. The predicted molar refractivity (Wildman–Crippen MR) is 73.9 cm³/mol. The first kappa shape index (κ1) is 14.9. The Labute approximate surface area is 112 Å². The lowest BCUT2D eigenvalue weighted by Gasteiger charge is -2.06. The maximum Gasteiger partial charge on any atom is 0.152 e. The maximum absolute atomic E-state index is 13.3. The minimum Gasteiger partial charge on any atom is -0.489 e. The normalized spacial score (nSPS) is 9.21. The fourth-order valence-electron chi connectivity index (χ4n) is 1.43. The summed E-state index contributed by atoms with van der Waals surface area (Å²) in [5, 5.41) is 0. The molecule has 2 nitrogen and oxygen atoms in total. The number of hydrogen-bond acceptors (Lipinski definition) is 2. The van der Waals surface area contributed by atoms with Crippen LogP contribution in [0.15, 0.2) is 48.5 Å². The van der Waals surface area contributed by atoms with Crippen LogP contribution in [0.4, 0.5) is 4.39 Å². The molecule has 0 N–H and O–H groups in total. The molecule has 0 aliphatic carbocycles. The highest BCUT2D eigenvalue weighted by Crippen LogP contribution is 2.16. The van der Waals surface area contributed by atoms with Crippen molar-refractivity contribution >= 4 is 6.29 Å². The second kappa shape index (κ2) is 8.03. The molecule has 0 aromatic heterocycles. The van der Waals surface area contributed by atoms with Crippen LogP contribution < -0.4 is 4.74 Å². The van der Waals surface area contributed by atoms with Crippen molar-refractivity contribution in [2.24, 2.45) is 0 Å². The van der Waals surface area contributed by atoms with E-state index in [9.17, 15) is 9.18 Å². The average Bonchev–Trinajstić information content (AvgIpc) is 2.48. The first-order valence-corrected chi connectivity index (χ1v) is 6.21. The molecule has 0 saturated heterocycles. The second-order valence-corrected chi connectivity index (χ2v) is 3.58. The molecule has 0 radical (unpaired) electrons. The van der Waals surface area contributed by atoms with Crippen LogP contribution in [0.25, 0.3) is 0 Å². The molecule has 0 atom stereocenters. The van der Waals surface area contributed by atoms with Gasteiger partial charge in [0.1, 0.15) is 18.2 Å². The number of benzene rings is 2. The van der Waals surface area contributed by atoms with Gasteiger partial charge in [-0.25, -0.2) is 4.39 Å². The lowest BCUT2D eigenvalue weighted by Crippen LogP contribution is -1.96. The summed E-state index contributed by atoms with van der Waals surface area (Å²) in [6.45, 7) is 4.38. The van der Waals surface area contributed by atoms with Gasteiger partial charge in [0.2, 0.25) is 0 Å². The van der Waals surface area contributed by atoms with E-state index in [-0.39, 0.29) is 5.56 Å². The third kappa shape index (κ3) is 4.54. The molecule has 0 heterocycles. The molecule has 0 aliphatic heterocycles. The molecule has 0 amide bonds. The van der Waals surface area contributed by atoms with Gasteiger partial charge >= 0.3 is 0 Å². The lowest BCUT2D eigenvalue weighted by molar-refractivity contribution is 0.111. The number of rotatable bonds is 4. The molecule has 2 aromatic carbocycles. The molecule has 0 fully saturated rings. The van der Waals surface area contributed by atoms with E-state index in [0.717, 1.165) is 5.56 Å². The van der Waals surface area contributed by atoms with Crippen molar-refractivity contribution in [1.29, 1.82) is 0 Å². The largest absolute Gasteiger partial charge is 0.489 e. The molecular formula is C16H17FO2. The standard InChI is InChI=1S/C14H11FO2.C2H6/c15-14-8-13(7-6-12(14)9-16)17-10-11-4-2-1-3-5-11;1-2/h1-9H,10H2;1-2H3. The number of halogens is 1. The molecule has 2 rings (SSSR count). The smallest absolute Gasteiger partial charge is 0.152 e. The van der Waals surface area contributed by atoms with Crippen molar-refractivity contribution in [3.8, 4) is 5.75 Å². The van der Waals surface area contributed by atoms with Crippen LogP contribution >= 0.6 is 0 Å².